The van der Waals surface area contributed by atoms with Crippen LogP contribution in [0.15, 0.2) is 58.2 Å². The van der Waals surface area contributed by atoms with Gasteiger partial charge in [0.2, 0.25) is 15.9 Å². The maximum absolute atomic E-state index is 13.0. The lowest BCUT2D eigenvalue weighted by atomic mass is 9.97. The molecule has 0 bridgehead atoms. The van der Waals surface area contributed by atoms with E-state index in [1.165, 1.54) is 4.31 Å². The van der Waals surface area contributed by atoms with Gasteiger partial charge in [-0.3, -0.25) is 4.79 Å². The number of imidazole rings is 1. The number of anilines is 1. The van der Waals surface area contributed by atoms with Gasteiger partial charge in [-0.15, -0.1) is 0 Å². The van der Waals surface area contributed by atoms with Crippen LogP contribution in [0, 0.1) is 26.7 Å². The van der Waals surface area contributed by atoms with Gasteiger partial charge in [0, 0.05) is 42.7 Å². The number of hydrogen-bond acceptors (Lipinski definition) is 6. The first kappa shape index (κ1) is 23.3. The number of nitrogens with one attached hydrogen (secondary N) is 1. The van der Waals surface area contributed by atoms with Crippen molar-refractivity contribution in [3.63, 3.8) is 0 Å². The fraction of sp³-hybridized carbons (Fsp3) is 0.320. The lowest BCUT2D eigenvalue weighted by Gasteiger charge is -2.30. The molecule has 1 aliphatic heterocycles. The lowest BCUT2D eigenvalue weighted by Crippen LogP contribution is -2.41. The molecule has 0 radical (unpaired) electrons. The Balaban J connectivity index is 1.22. The maximum Gasteiger partial charge on any atom is 0.248 e. The van der Waals surface area contributed by atoms with Gasteiger partial charge in [0.05, 0.1) is 5.69 Å². The lowest BCUT2D eigenvalue weighted by molar-refractivity contribution is -0.120. The van der Waals surface area contributed by atoms with E-state index in [9.17, 15) is 13.2 Å². The molecule has 1 saturated heterocycles. The molecule has 4 aromatic rings. The fourth-order valence-corrected chi connectivity index (χ4v) is 6.35. The zero-order valence-corrected chi connectivity index (χ0v) is 20.7. The molecule has 0 unspecified atom stereocenters. The van der Waals surface area contributed by atoms with Crippen molar-refractivity contribution in [1.29, 1.82) is 0 Å². The predicted molar refractivity (Wildman–Crippen MR) is 131 cm³/mol. The number of piperidine rings is 1. The SMILES string of the molecule is Cc1noc(C)c1S(=O)(=O)N1CCC(C(=O)Nc2ccc(-c3cn4cccc(C)c4n3)cc2)CC1. The number of benzene rings is 1. The number of aromatic nitrogens is 3. The number of fused-ring (bicyclic) bond motifs is 1. The Hall–Kier alpha value is -3.50. The van der Waals surface area contributed by atoms with Crippen LogP contribution in [0.2, 0.25) is 0 Å². The summed E-state index contributed by atoms with van der Waals surface area (Å²) in [5.41, 5.74) is 4.90. The van der Waals surface area contributed by atoms with Crippen LogP contribution < -0.4 is 5.32 Å². The van der Waals surface area contributed by atoms with Crippen molar-refractivity contribution in [2.24, 2.45) is 5.92 Å². The van der Waals surface area contributed by atoms with E-state index in [1.807, 2.05) is 60.1 Å². The number of pyridine rings is 1. The first-order chi connectivity index (χ1) is 16.7. The average Bonchev–Trinajstić information content (AvgIpc) is 3.43. The molecule has 0 spiro atoms. The van der Waals surface area contributed by atoms with Crippen molar-refractivity contribution in [3.8, 4) is 11.3 Å². The molecular formula is C25H27N5O4S. The Bertz CT molecular complexity index is 1480. The number of aryl methyl sites for hydroxylation is 3. The molecule has 10 heteroatoms. The highest BCUT2D eigenvalue weighted by molar-refractivity contribution is 7.89. The second-order valence-electron chi connectivity index (χ2n) is 8.95. The minimum Gasteiger partial charge on any atom is -0.360 e. The summed E-state index contributed by atoms with van der Waals surface area (Å²) in [5, 5.41) is 6.73. The van der Waals surface area contributed by atoms with Gasteiger partial charge in [-0.2, -0.15) is 4.31 Å². The Labute approximate surface area is 203 Å². The minimum absolute atomic E-state index is 0.101. The Morgan fingerprint density at radius 1 is 1.09 bits per heavy atom. The van der Waals surface area contributed by atoms with Crippen molar-refractivity contribution in [1.82, 2.24) is 18.8 Å². The molecule has 3 aromatic heterocycles. The van der Waals surface area contributed by atoms with Gasteiger partial charge in [-0.05, 0) is 57.4 Å². The summed E-state index contributed by atoms with van der Waals surface area (Å²) in [4.78, 5) is 17.7. The molecule has 5 rings (SSSR count). The highest BCUT2D eigenvalue weighted by Crippen LogP contribution is 2.29. The first-order valence-electron chi connectivity index (χ1n) is 11.5. The van der Waals surface area contributed by atoms with E-state index < -0.39 is 10.0 Å². The highest BCUT2D eigenvalue weighted by atomic mass is 32.2. The van der Waals surface area contributed by atoms with E-state index in [2.05, 4.69) is 10.5 Å². The van der Waals surface area contributed by atoms with Crippen molar-refractivity contribution in [2.45, 2.75) is 38.5 Å². The summed E-state index contributed by atoms with van der Waals surface area (Å²) in [6.45, 7) is 5.79. The second kappa shape index (κ2) is 8.94. The van der Waals surface area contributed by atoms with Crippen LogP contribution in [0.5, 0.6) is 0 Å². The van der Waals surface area contributed by atoms with Gasteiger partial charge in [-0.25, -0.2) is 13.4 Å². The smallest absolute Gasteiger partial charge is 0.248 e. The standard InChI is InChI=1S/C25H27N5O4S/c1-16-5-4-12-29-15-22(27-24(16)29)19-6-8-21(9-7-19)26-25(31)20-10-13-30(14-11-20)35(32,33)23-17(2)28-34-18(23)3/h4-9,12,15,20H,10-11,13-14H2,1-3H3,(H,26,31). The fourth-order valence-electron chi connectivity index (χ4n) is 4.59. The minimum atomic E-state index is -3.69. The number of amides is 1. The summed E-state index contributed by atoms with van der Waals surface area (Å²) in [7, 11) is -3.69. The van der Waals surface area contributed by atoms with Gasteiger partial charge < -0.3 is 14.2 Å². The largest absolute Gasteiger partial charge is 0.360 e. The molecular weight excluding hydrogens is 466 g/mol. The summed E-state index contributed by atoms with van der Waals surface area (Å²) < 4.78 is 34.4. The summed E-state index contributed by atoms with van der Waals surface area (Å²) in [5.74, 6) is -0.0766. The van der Waals surface area contributed by atoms with Crippen molar-refractivity contribution in [3.05, 3.63) is 65.8 Å². The monoisotopic (exact) mass is 493 g/mol. The number of hydrogen-bond donors (Lipinski definition) is 1. The van der Waals surface area contributed by atoms with E-state index in [1.54, 1.807) is 13.8 Å². The normalized spacial score (nSPS) is 15.5. The van der Waals surface area contributed by atoms with Crippen molar-refractivity contribution < 1.29 is 17.7 Å². The summed E-state index contributed by atoms with van der Waals surface area (Å²) >= 11 is 0. The molecule has 182 valence electrons. The quantitative estimate of drug-likeness (QED) is 0.451. The number of rotatable bonds is 5. The topological polar surface area (TPSA) is 110 Å². The first-order valence-corrected chi connectivity index (χ1v) is 13.0. The van der Waals surface area contributed by atoms with Crippen molar-refractivity contribution in [2.75, 3.05) is 18.4 Å². The number of carbonyl (C=O) groups excluding carboxylic acids is 1. The molecule has 1 amide bonds. The van der Waals surface area contributed by atoms with E-state index in [0.29, 0.717) is 24.2 Å². The number of sulfonamides is 1. The van der Waals surface area contributed by atoms with Gasteiger partial charge in [0.1, 0.15) is 16.2 Å². The number of carbonyl (C=O) groups is 1. The van der Waals surface area contributed by atoms with Crippen LogP contribution in [0.3, 0.4) is 0 Å². The van der Waals surface area contributed by atoms with Crippen LogP contribution in [0.1, 0.15) is 29.9 Å². The van der Waals surface area contributed by atoms with Gasteiger partial charge in [0.15, 0.2) is 5.76 Å². The molecule has 4 heterocycles. The Morgan fingerprint density at radius 3 is 2.43 bits per heavy atom. The molecule has 9 nitrogen and oxygen atoms in total. The van der Waals surface area contributed by atoms with Gasteiger partial charge >= 0.3 is 0 Å². The van der Waals surface area contributed by atoms with E-state index in [0.717, 1.165) is 22.5 Å². The van der Waals surface area contributed by atoms with Crippen LogP contribution in [0.25, 0.3) is 16.9 Å². The zero-order chi connectivity index (χ0) is 24.7. The molecule has 0 aliphatic carbocycles. The Morgan fingerprint density at radius 2 is 1.80 bits per heavy atom. The van der Waals surface area contributed by atoms with E-state index in [-0.39, 0.29) is 35.6 Å². The van der Waals surface area contributed by atoms with Crippen LogP contribution in [0.4, 0.5) is 5.69 Å². The molecule has 0 atom stereocenters. The zero-order valence-electron chi connectivity index (χ0n) is 19.9. The third-order valence-corrected chi connectivity index (χ3v) is 8.66. The van der Waals surface area contributed by atoms with E-state index >= 15 is 0 Å². The molecule has 1 aromatic carbocycles. The summed E-state index contributed by atoms with van der Waals surface area (Å²) in [6, 6.07) is 11.6. The Kier molecular flexibility index (Phi) is 5.94. The molecule has 0 saturated carbocycles. The molecule has 1 fully saturated rings. The van der Waals surface area contributed by atoms with Crippen LogP contribution >= 0.6 is 0 Å². The van der Waals surface area contributed by atoms with Crippen LogP contribution in [-0.2, 0) is 14.8 Å². The third-order valence-electron chi connectivity index (χ3n) is 6.52. The van der Waals surface area contributed by atoms with E-state index in [4.69, 9.17) is 9.51 Å². The molecule has 1 aliphatic rings. The van der Waals surface area contributed by atoms with Gasteiger partial charge in [-0.1, -0.05) is 23.4 Å². The van der Waals surface area contributed by atoms with Crippen molar-refractivity contribution >= 4 is 27.3 Å². The van der Waals surface area contributed by atoms with Gasteiger partial charge in [0.25, 0.3) is 0 Å². The molecule has 35 heavy (non-hydrogen) atoms. The molecule has 1 N–H and O–H groups in total. The second-order valence-corrected chi connectivity index (χ2v) is 10.8. The predicted octanol–water partition coefficient (Wildman–Crippen LogP) is 3.95. The highest BCUT2D eigenvalue weighted by Gasteiger charge is 2.35. The average molecular weight is 494 g/mol. The number of nitrogens with zero attached hydrogens (tertiary/aromatic N) is 4. The van der Waals surface area contributed by atoms with Crippen LogP contribution in [-0.4, -0.2) is 46.3 Å². The third kappa shape index (κ3) is 4.35. The summed E-state index contributed by atoms with van der Waals surface area (Å²) in [6.07, 6.45) is 4.86. The maximum atomic E-state index is 13.0.